The van der Waals surface area contributed by atoms with Gasteiger partial charge in [-0.2, -0.15) is 0 Å². The highest BCUT2D eigenvalue weighted by molar-refractivity contribution is 7.91. The third-order valence-corrected chi connectivity index (χ3v) is 5.58. The van der Waals surface area contributed by atoms with Crippen LogP contribution in [0.15, 0.2) is 0 Å². The normalized spacial score (nSPS) is 18.3. The van der Waals surface area contributed by atoms with E-state index in [-0.39, 0.29) is 40.9 Å². The summed E-state index contributed by atoms with van der Waals surface area (Å²) >= 11 is 0.992. The van der Waals surface area contributed by atoms with Gasteiger partial charge in [-0.05, 0) is 0 Å². The van der Waals surface area contributed by atoms with Crippen molar-refractivity contribution in [2.45, 2.75) is 6.92 Å². The average Bonchev–Trinajstić information content (AvgIpc) is 2.74. The second-order valence-electron chi connectivity index (χ2n) is 4.17. The number of carboxylic acids is 1. The molecule has 0 saturated carbocycles. The van der Waals surface area contributed by atoms with Crippen molar-refractivity contribution in [2.75, 3.05) is 29.5 Å². The molecule has 19 heavy (non-hydrogen) atoms. The van der Waals surface area contributed by atoms with Crippen LogP contribution >= 0.6 is 11.3 Å². The molecule has 1 fully saturated rings. The van der Waals surface area contributed by atoms with Crippen molar-refractivity contribution in [1.82, 2.24) is 4.98 Å². The van der Waals surface area contributed by atoms with Crippen LogP contribution in [0.1, 0.15) is 27.1 Å². The number of aromatic nitrogens is 1. The molecule has 0 radical (unpaired) electrons. The molecule has 0 aromatic carbocycles. The third kappa shape index (κ3) is 2.92. The number of Topliss-reactive ketones (excluding diaryl/α,β-unsaturated/α-hetero) is 1. The molecular formula is C10H12N2O5S2. The maximum absolute atomic E-state index is 11.4. The van der Waals surface area contributed by atoms with Gasteiger partial charge in [0.1, 0.15) is 4.88 Å². The number of hydrogen-bond donors (Lipinski definition) is 1. The number of ketones is 1. The van der Waals surface area contributed by atoms with Gasteiger partial charge in [0, 0.05) is 20.0 Å². The molecule has 1 saturated heterocycles. The Hall–Kier alpha value is -1.48. The minimum Gasteiger partial charge on any atom is -0.476 e. The van der Waals surface area contributed by atoms with E-state index >= 15 is 0 Å². The SMILES string of the molecule is CC(=O)c1sc(N2CCS(=O)(=O)CC2)nc1C(=O)O. The van der Waals surface area contributed by atoms with Gasteiger partial charge in [-0.1, -0.05) is 11.3 Å². The first-order valence-electron chi connectivity index (χ1n) is 5.50. The molecule has 0 unspecified atom stereocenters. The molecule has 104 valence electrons. The molecule has 1 aromatic rings. The molecule has 0 aliphatic carbocycles. The van der Waals surface area contributed by atoms with Crippen molar-refractivity contribution in [3.63, 3.8) is 0 Å². The fraction of sp³-hybridized carbons (Fsp3) is 0.500. The lowest BCUT2D eigenvalue weighted by Gasteiger charge is -2.25. The largest absolute Gasteiger partial charge is 0.476 e. The number of rotatable bonds is 3. The summed E-state index contributed by atoms with van der Waals surface area (Å²) < 4.78 is 22.6. The third-order valence-electron chi connectivity index (χ3n) is 2.75. The quantitative estimate of drug-likeness (QED) is 0.799. The summed E-state index contributed by atoms with van der Waals surface area (Å²) in [6.07, 6.45) is 0. The Morgan fingerprint density at radius 1 is 1.32 bits per heavy atom. The summed E-state index contributed by atoms with van der Waals surface area (Å²) in [5, 5.41) is 9.37. The molecule has 0 spiro atoms. The Kier molecular flexibility index (Phi) is 3.59. The monoisotopic (exact) mass is 304 g/mol. The lowest BCUT2D eigenvalue weighted by atomic mass is 10.3. The van der Waals surface area contributed by atoms with Gasteiger partial charge in [-0.15, -0.1) is 0 Å². The minimum absolute atomic E-state index is 0.0182. The molecule has 2 rings (SSSR count). The van der Waals surface area contributed by atoms with Crippen molar-refractivity contribution in [3.8, 4) is 0 Å². The smallest absolute Gasteiger partial charge is 0.356 e. The van der Waals surface area contributed by atoms with E-state index in [9.17, 15) is 18.0 Å². The lowest BCUT2D eigenvalue weighted by Crippen LogP contribution is -2.40. The number of carboxylic acid groups (broad SMARTS) is 1. The maximum atomic E-state index is 11.4. The zero-order valence-corrected chi connectivity index (χ0v) is 11.8. The van der Waals surface area contributed by atoms with Crippen molar-refractivity contribution in [3.05, 3.63) is 10.6 Å². The molecule has 0 atom stereocenters. The summed E-state index contributed by atoms with van der Waals surface area (Å²) in [7, 11) is -3.01. The molecular weight excluding hydrogens is 292 g/mol. The molecule has 1 aliphatic rings. The number of sulfone groups is 1. The molecule has 0 bridgehead atoms. The molecule has 9 heteroatoms. The van der Waals surface area contributed by atoms with Crippen LogP contribution in [0, 0.1) is 0 Å². The number of carbonyl (C=O) groups excluding carboxylic acids is 1. The Labute approximate surface area is 113 Å². The van der Waals surface area contributed by atoms with Gasteiger partial charge >= 0.3 is 5.97 Å². The second kappa shape index (κ2) is 4.89. The van der Waals surface area contributed by atoms with E-state index in [1.54, 1.807) is 4.90 Å². The molecule has 1 N–H and O–H groups in total. The van der Waals surface area contributed by atoms with Crippen LogP contribution in [0.2, 0.25) is 0 Å². The average molecular weight is 304 g/mol. The van der Waals surface area contributed by atoms with Gasteiger partial charge in [-0.3, -0.25) is 4.79 Å². The predicted molar refractivity (Wildman–Crippen MR) is 69.9 cm³/mol. The van der Waals surface area contributed by atoms with E-state index in [4.69, 9.17) is 5.11 Å². The minimum atomic E-state index is -3.01. The molecule has 1 aromatic heterocycles. The fourth-order valence-corrected chi connectivity index (χ4v) is 3.94. The molecule has 0 amide bonds. The highest BCUT2D eigenvalue weighted by Crippen LogP contribution is 2.28. The first-order valence-corrected chi connectivity index (χ1v) is 8.14. The van der Waals surface area contributed by atoms with E-state index in [2.05, 4.69) is 4.98 Å². The van der Waals surface area contributed by atoms with Gasteiger partial charge in [-0.25, -0.2) is 18.2 Å². The highest BCUT2D eigenvalue weighted by atomic mass is 32.2. The fourth-order valence-electron chi connectivity index (χ4n) is 1.73. The van der Waals surface area contributed by atoms with Gasteiger partial charge in [0.15, 0.2) is 26.4 Å². The lowest BCUT2D eigenvalue weighted by molar-refractivity contribution is 0.0687. The van der Waals surface area contributed by atoms with E-state index in [0.717, 1.165) is 11.3 Å². The van der Waals surface area contributed by atoms with E-state index in [1.807, 2.05) is 0 Å². The van der Waals surface area contributed by atoms with Crippen molar-refractivity contribution >= 4 is 38.1 Å². The number of nitrogens with zero attached hydrogens (tertiary/aromatic N) is 2. The molecule has 2 heterocycles. The summed E-state index contributed by atoms with van der Waals surface area (Å²) in [6, 6.07) is 0. The Morgan fingerprint density at radius 2 is 1.89 bits per heavy atom. The van der Waals surface area contributed by atoms with Crippen LogP contribution in [0.4, 0.5) is 5.13 Å². The van der Waals surface area contributed by atoms with E-state index in [1.165, 1.54) is 6.92 Å². The van der Waals surface area contributed by atoms with Crippen LogP contribution in [0.25, 0.3) is 0 Å². The van der Waals surface area contributed by atoms with E-state index in [0.29, 0.717) is 5.13 Å². The maximum Gasteiger partial charge on any atom is 0.356 e. The summed E-state index contributed by atoms with van der Waals surface area (Å²) in [5.41, 5.74) is -0.263. The van der Waals surface area contributed by atoms with Gasteiger partial charge in [0.2, 0.25) is 0 Å². The number of aromatic carboxylic acids is 1. The number of anilines is 1. The molecule has 1 aliphatic heterocycles. The van der Waals surface area contributed by atoms with Gasteiger partial charge in [0.05, 0.1) is 11.5 Å². The van der Waals surface area contributed by atoms with E-state index < -0.39 is 15.8 Å². The van der Waals surface area contributed by atoms with Crippen LogP contribution in [0.3, 0.4) is 0 Å². The van der Waals surface area contributed by atoms with Gasteiger partial charge in [0.25, 0.3) is 0 Å². The summed E-state index contributed by atoms with van der Waals surface area (Å²) in [4.78, 5) is 28.1. The zero-order valence-electron chi connectivity index (χ0n) is 10.1. The Balaban J connectivity index is 2.29. The summed E-state index contributed by atoms with van der Waals surface area (Å²) in [5.74, 6) is -1.57. The van der Waals surface area contributed by atoms with Crippen molar-refractivity contribution < 1.29 is 23.1 Å². The first kappa shape index (κ1) is 13.9. The number of hydrogen-bond acceptors (Lipinski definition) is 7. The van der Waals surface area contributed by atoms with Crippen LogP contribution in [-0.4, -0.2) is 54.9 Å². The summed E-state index contributed by atoms with van der Waals surface area (Å²) in [6.45, 7) is 1.82. The van der Waals surface area contributed by atoms with Crippen LogP contribution < -0.4 is 4.90 Å². The topological polar surface area (TPSA) is 105 Å². The second-order valence-corrected chi connectivity index (χ2v) is 7.46. The number of thiazole rings is 1. The standard InChI is InChI=1S/C10H12N2O5S2/c1-6(13)8-7(9(14)15)11-10(18-8)12-2-4-19(16,17)5-3-12/h2-5H2,1H3,(H,14,15). The van der Waals surface area contributed by atoms with Crippen molar-refractivity contribution in [1.29, 1.82) is 0 Å². The Bertz CT molecular complexity index is 589. The number of carbonyl (C=O) groups is 2. The highest BCUT2D eigenvalue weighted by Gasteiger charge is 2.27. The van der Waals surface area contributed by atoms with Gasteiger partial charge < -0.3 is 10.0 Å². The zero-order chi connectivity index (χ0) is 14.2. The predicted octanol–water partition coefficient (Wildman–Crippen LogP) is 0.279. The van der Waals surface area contributed by atoms with Crippen LogP contribution in [0.5, 0.6) is 0 Å². The Morgan fingerprint density at radius 3 is 2.32 bits per heavy atom. The first-order chi connectivity index (χ1) is 8.80. The molecule has 7 nitrogen and oxygen atoms in total. The van der Waals surface area contributed by atoms with Crippen LogP contribution in [-0.2, 0) is 9.84 Å². The van der Waals surface area contributed by atoms with Crippen molar-refractivity contribution in [2.24, 2.45) is 0 Å².